The predicted octanol–water partition coefficient (Wildman–Crippen LogP) is 2.95. The second-order valence-electron chi connectivity index (χ2n) is 8.62. The van der Waals surface area contributed by atoms with E-state index in [1.54, 1.807) is 14.1 Å². The first kappa shape index (κ1) is 23.7. The molecule has 9 heteroatoms. The molecule has 2 aliphatic carbocycles. The smallest absolute Gasteiger partial charge is 0.354 e. The van der Waals surface area contributed by atoms with Gasteiger partial charge in [-0.15, -0.1) is 0 Å². The Balaban J connectivity index is 0.000000200. The second kappa shape index (κ2) is 7.95. The van der Waals surface area contributed by atoms with Gasteiger partial charge in [-0.05, 0) is 39.5 Å². The van der Waals surface area contributed by atoms with E-state index >= 15 is 0 Å². The number of nitrogens with zero attached hydrogens (tertiary/aromatic N) is 4. The van der Waals surface area contributed by atoms with Gasteiger partial charge in [0.15, 0.2) is 0 Å². The molecule has 2 N–H and O–H groups in total. The van der Waals surface area contributed by atoms with Crippen LogP contribution in [0.2, 0.25) is 0 Å². The van der Waals surface area contributed by atoms with Crippen LogP contribution in [0.5, 0.6) is 0 Å². The van der Waals surface area contributed by atoms with Crippen molar-refractivity contribution in [3.8, 4) is 0 Å². The molecule has 2 aliphatic rings. The first-order valence-corrected chi connectivity index (χ1v) is 9.46. The number of hydrogen-bond acceptors (Lipinski definition) is 4. The predicted molar refractivity (Wildman–Crippen MR) is 103 cm³/mol. The van der Waals surface area contributed by atoms with E-state index in [1.165, 1.54) is 9.36 Å². The van der Waals surface area contributed by atoms with Crippen LogP contribution in [0.25, 0.3) is 0 Å². The largest absolute Gasteiger partial charge is 0.477 e. The number of carbonyl (C=O) groups is 2. The third kappa shape index (κ3) is 4.33. The van der Waals surface area contributed by atoms with Gasteiger partial charge in [-0.25, -0.2) is 9.59 Å². The molecule has 4 rings (SSSR count). The Labute approximate surface area is 195 Å². The fraction of sp³-hybridized carbons (Fsp3) is 0.600. The number of aromatic nitrogens is 4. The van der Waals surface area contributed by atoms with Crippen molar-refractivity contribution >= 4 is 11.9 Å². The molecule has 2 fully saturated rings. The molecule has 8 nitrogen and oxygen atoms in total. The summed E-state index contributed by atoms with van der Waals surface area (Å²) in [6, 6.07) is 0. The zero-order chi connectivity index (χ0) is 21.0. The minimum atomic E-state index is -0.895. The van der Waals surface area contributed by atoms with Crippen LogP contribution in [-0.4, -0.2) is 41.7 Å². The Morgan fingerprint density at radius 1 is 0.793 bits per heavy atom. The van der Waals surface area contributed by atoms with Crippen molar-refractivity contribution < 1.29 is 52.5 Å². The average Bonchev–Trinajstić information content (AvgIpc) is 3.45. The Morgan fingerprint density at radius 2 is 1.07 bits per heavy atom. The zero-order valence-electron chi connectivity index (χ0n) is 17.9. The van der Waals surface area contributed by atoms with Gasteiger partial charge in [0, 0.05) is 68.8 Å². The molecular weight excluding hydrogens is 449 g/mol. The fourth-order valence-corrected chi connectivity index (χ4v) is 3.85. The maximum absolute atomic E-state index is 10.9. The van der Waals surface area contributed by atoms with Crippen LogP contribution in [0.1, 0.15) is 83.0 Å². The van der Waals surface area contributed by atoms with Gasteiger partial charge in [0.25, 0.3) is 0 Å². The van der Waals surface area contributed by atoms with Crippen LogP contribution < -0.4 is 0 Å². The summed E-state index contributed by atoms with van der Waals surface area (Å²) in [6.07, 6.45) is 4.46. The molecule has 2 saturated carbocycles. The maximum Gasteiger partial charge on any atom is 0.354 e. The summed E-state index contributed by atoms with van der Waals surface area (Å²) in [5.41, 5.74) is 4.45. The Bertz CT molecular complexity index is 890. The van der Waals surface area contributed by atoms with E-state index in [9.17, 15) is 9.59 Å². The summed E-state index contributed by atoms with van der Waals surface area (Å²) < 4.78 is 2.94. The van der Waals surface area contributed by atoms with Crippen molar-refractivity contribution in [2.75, 3.05) is 0 Å². The Morgan fingerprint density at radius 3 is 1.24 bits per heavy atom. The van der Waals surface area contributed by atoms with E-state index in [4.69, 9.17) is 10.2 Å². The van der Waals surface area contributed by atoms with Crippen molar-refractivity contribution in [1.82, 2.24) is 19.6 Å². The molecule has 0 saturated heterocycles. The van der Waals surface area contributed by atoms with Gasteiger partial charge < -0.3 is 10.2 Å². The third-order valence-electron chi connectivity index (χ3n) is 6.12. The minimum Gasteiger partial charge on any atom is -0.477 e. The summed E-state index contributed by atoms with van der Waals surface area (Å²) in [7, 11) is 3.37. The summed E-state index contributed by atoms with van der Waals surface area (Å²) in [5.74, 6) is -1.79. The molecule has 0 bridgehead atoms. The summed E-state index contributed by atoms with van der Waals surface area (Å²) in [5, 5.41) is 26.6. The van der Waals surface area contributed by atoms with Crippen molar-refractivity contribution in [1.29, 1.82) is 0 Å². The van der Waals surface area contributed by atoms with Gasteiger partial charge >= 0.3 is 11.9 Å². The van der Waals surface area contributed by atoms with Gasteiger partial charge in [-0.1, -0.05) is 13.8 Å². The van der Waals surface area contributed by atoms with Crippen LogP contribution >= 0.6 is 0 Å². The van der Waals surface area contributed by atoms with Crippen LogP contribution in [0.15, 0.2) is 0 Å². The molecule has 2 aromatic rings. The topological polar surface area (TPSA) is 110 Å². The van der Waals surface area contributed by atoms with Crippen molar-refractivity contribution in [3.63, 3.8) is 0 Å². The molecule has 0 unspecified atom stereocenters. The number of aromatic carboxylic acids is 2. The maximum atomic E-state index is 10.9. The first-order valence-electron chi connectivity index (χ1n) is 9.46. The molecule has 0 atom stereocenters. The average molecular weight is 477 g/mol. The quantitative estimate of drug-likeness (QED) is 0.701. The van der Waals surface area contributed by atoms with Crippen molar-refractivity contribution in [2.24, 2.45) is 14.1 Å². The van der Waals surface area contributed by atoms with Crippen molar-refractivity contribution in [2.45, 2.75) is 64.2 Å². The van der Waals surface area contributed by atoms with Gasteiger partial charge in [-0.3, -0.25) is 9.36 Å². The van der Waals surface area contributed by atoms with E-state index in [1.807, 2.05) is 13.8 Å². The summed E-state index contributed by atoms with van der Waals surface area (Å²) in [6.45, 7) is 7.95. The van der Waals surface area contributed by atoms with Gasteiger partial charge in [0.2, 0.25) is 0 Å². The third-order valence-corrected chi connectivity index (χ3v) is 6.12. The Hall–Kier alpha value is -1.54. The second-order valence-corrected chi connectivity index (χ2v) is 8.62. The van der Waals surface area contributed by atoms with Crippen molar-refractivity contribution in [3.05, 3.63) is 33.9 Å². The number of hydrogen-bond donors (Lipinski definition) is 2. The van der Waals surface area contributed by atoms with E-state index in [-0.39, 0.29) is 43.5 Å². The fourth-order valence-electron chi connectivity index (χ4n) is 3.85. The number of rotatable bonds is 4. The Kier molecular flexibility index (Phi) is 6.51. The van der Waals surface area contributed by atoms with Gasteiger partial charge in [-0.2, -0.15) is 10.2 Å². The number of aryl methyl sites for hydroxylation is 2. The summed E-state index contributed by atoms with van der Waals surface area (Å²) >= 11 is 0. The molecule has 1 radical (unpaired) electrons. The molecule has 155 valence electrons. The summed E-state index contributed by atoms with van der Waals surface area (Å²) in [4.78, 5) is 21.9. The van der Waals surface area contributed by atoms with Gasteiger partial charge in [0.05, 0.1) is 11.4 Å². The number of carboxylic acids is 2. The SMILES string of the molecule is Cc1c(C2(C)CC2)nn(C)c1C(=O)O.Cc1c(C2(C)CC2)nn(C)c1C(=O)O.[Y]. The molecule has 2 heterocycles. The molecule has 0 aromatic carbocycles. The monoisotopic (exact) mass is 477 g/mol. The van der Waals surface area contributed by atoms with Gasteiger partial charge in [0.1, 0.15) is 11.4 Å². The molecule has 2 aromatic heterocycles. The first-order chi connectivity index (χ1) is 12.9. The molecule has 0 aliphatic heterocycles. The van der Waals surface area contributed by atoms with Crippen LogP contribution in [0, 0.1) is 13.8 Å². The molecule has 0 amide bonds. The number of carboxylic acid groups (broad SMARTS) is 2. The standard InChI is InChI=1S/2C10H14N2O2.Y/c2*1-6-7(9(13)14)12(3)11-8(6)10(2)4-5-10;/h2*4-5H2,1-3H3,(H,13,14);. The molecule has 29 heavy (non-hydrogen) atoms. The van der Waals surface area contributed by atoms with E-state index in [0.717, 1.165) is 48.2 Å². The van der Waals surface area contributed by atoms with Crippen LogP contribution in [0.3, 0.4) is 0 Å². The van der Waals surface area contributed by atoms with Crippen LogP contribution in [-0.2, 0) is 57.6 Å². The molecular formula is C20H28N4O4Y. The normalized spacial score (nSPS) is 17.6. The van der Waals surface area contributed by atoms with E-state index in [0.29, 0.717) is 11.4 Å². The molecule has 0 spiro atoms. The van der Waals surface area contributed by atoms with Crippen LogP contribution in [0.4, 0.5) is 0 Å². The minimum absolute atomic E-state index is 0. The van der Waals surface area contributed by atoms with E-state index in [2.05, 4.69) is 24.0 Å². The van der Waals surface area contributed by atoms with E-state index < -0.39 is 11.9 Å². The zero-order valence-corrected chi connectivity index (χ0v) is 20.7.